The summed E-state index contributed by atoms with van der Waals surface area (Å²) in [5.41, 5.74) is 5.99. The van der Waals surface area contributed by atoms with Crippen molar-refractivity contribution in [1.82, 2.24) is 4.90 Å². The third kappa shape index (κ3) is 2.50. The second kappa shape index (κ2) is 5.41. The summed E-state index contributed by atoms with van der Waals surface area (Å²) >= 11 is 11.4. The van der Waals surface area contributed by atoms with Gasteiger partial charge in [-0.15, -0.1) is 11.3 Å². The van der Waals surface area contributed by atoms with E-state index in [1.165, 1.54) is 37.1 Å². The molecule has 18 heavy (non-hydrogen) atoms. The van der Waals surface area contributed by atoms with Gasteiger partial charge in [0.05, 0.1) is 0 Å². The summed E-state index contributed by atoms with van der Waals surface area (Å²) in [5.74, 6) is 0.584. The van der Waals surface area contributed by atoms with Gasteiger partial charge in [-0.2, -0.15) is 0 Å². The Hall–Kier alpha value is 0.390. The fourth-order valence-electron chi connectivity index (χ4n) is 3.07. The molecule has 100 valence electrons. The van der Waals surface area contributed by atoms with Gasteiger partial charge < -0.3 is 5.73 Å². The molecule has 0 amide bonds. The van der Waals surface area contributed by atoms with Gasteiger partial charge in [0, 0.05) is 21.4 Å². The van der Waals surface area contributed by atoms with Gasteiger partial charge >= 0.3 is 0 Å². The van der Waals surface area contributed by atoms with E-state index < -0.39 is 0 Å². The zero-order valence-corrected chi connectivity index (χ0v) is 13.4. The van der Waals surface area contributed by atoms with Crippen molar-refractivity contribution in [1.29, 1.82) is 0 Å². The van der Waals surface area contributed by atoms with Gasteiger partial charge in [0.15, 0.2) is 0 Å². The van der Waals surface area contributed by atoms with Gasteiger partial charge in [-0.3, -0.25) is 4.90 Å². The highest BCUT2D eigenvalue weighted by Crippen LogP contribution is 2.46. The SMILES string of the molecule is NCC1CCCN(C2CC2)C1c1cc(Br)c(Cl)s1. The van der Waals surface area contributed by atoms with Crippen LogP contribution in [-0.4, -0.2) is 24.0 Å². The van der Waals surface area contributed by atoms with E-state index in [9.17, 15) is 0 Å². The maximum atomic E-state index is 6.20. The van der Waals surface area contributed by atoms with E-state index in [-0.39, 0.29) is 0 Å². The average Bonchev–Trinajstić information content (AvgIpc) is 3.16. The van der Waals surface area contributed by atoms with E-state index in [0.717, 1.165) is 21.4 Å². The standard InChI is InChI=1S/C13H18BrClN2S/c14-10-6-11(18-13(10)15)12-8(7-16)2-1-5-17(12)9-3-4-9/h6,8-9,12H,1-5,7,16H2. The molecule has 0 bridgehead atoms. The average molecular weight is 350 g/mol. The van der Waals surface area contributed by atoms with Crippen molar-refractivity contribution in [3.63, 3.8) is 0 Å². The first-order chi connectivity index (χ1) is 8.70. The first-order valence-corrected chi connectivity index (χ1v) is 8.60. The predicted molar refractivity (Wildman–Crippen MR) is 81.3 cm³/mol. The molecule has 3 rings (SSSR count). The van der Waals surface area contributed by atoms with Crippen molar-refractivity contribution in [2.75, 3.05) is 13.1 Å². The Morgan fingerprint density at radius 1 is 1.44 bits per heavy atom. The normalized spacial score (nSPS) is 29.7. The monoisotopic (exact) mass is 348 g/mol. The van der Waals surface area contributed by atoms with Crippen molar-refractivity contribution >= 4 is 38.9 Å². The Morgan fingerprint density at radius 3 is 2.78 bits per heavy atom. The number of nitrogens with two attached hydrogens (primary N) is 1. The lowest BCUT2D eigenvalue weighted by atomic mass is 9.88. The molecule has 2 nitrogen and oxygen atoms in total. The Morgan fingerprint density at radius 2 is 2.22 bits per heavy atom. The van der Waals surface area contributed by atoms with Crippen LogP contribution in [0.3, 0.4) is 0 Å². The molecule has 1 aromatic heterocycles. The van der Waals surface area contributed by atoms with Crippen LogP contribution in [0.4, 0.5) is 0 Å². The molecule has 2 unspecified atom stereocenters. The third-order valence-corrected chi connectivity index (χ3v) is 6.61. The molecule has 2 N–H and O–H groups in total. The number of likely N-dealkylation sites (tertiary alicyclic amines) is 1. The summed E-state index contributed by atoms with van der Waals surface area (Å²) < 4.78 is 1.89. The molecular formula is C13H18BrClN2S. The largest absolute Gasteiger partial charge is 0.330 e. The number of hydrogen-bond donors (Lipinski definition) is 1. The summed E-state index contributed by atoms with van der Waals surface area (Å²) in [7, 11) is 0. The second-order valence-electron chi connectivity index (χ2n) is 5.32. The molecule has 1 aliphatic heterocycles. The maximum Gasteiger partial charge on any atom is 0.107 e. The van der Waals surface area contributed by atoms with E-state index in [2.05, 4.69) is 26.9 Å². The van der Waals surface area contributed by atoms with Crippen LogP contribution in [0, 0.1) is 5.92 Å². The van der Waals surface area contributed by atoms with Crippen LogP contribution >= 0.6 is 38.9 Å². The Bertz CT molecular complexity index is 413. The molecule has 1 saturated carbocycles. The molecule has 1 saturated heterocycles. The number of hydrogen-bond acceptors (Lipinski definition) is 3. The lowest BCUT2D eigenvalue weighted by Gasteiger charge is -2.40. The van der Waals surface area contributed by atoms with Crippen LogP contribution in [0.25, 0.3) is 0 Å². The predicted octanol–water partition coefficient (Wildman–Crippen LogP) is 4.04. The minimum Gasteiger partial charge on any atom is -0.330 e. The topological polar surface area (TPSA) is 29.3 Å². The van der Waals surface area contributed by atoms with Crippen LogP contribution in [0.1, 0.15) is 36.6 Å². The highest BCUT2D eigenvalue weighted by Gasteiger charge is 2.40. The molecular weight excluding hydrogens is 332 g/mol. The molecule has 0 radical (unpaired) electrons. The van der Waals surface area contributed by atoms with Crippen molar-refractivity contribution < 1.29 is 0 Å². The zero-order valence-electron chi connectivity index (χ0n) is 10.2. The molecule has 2 atom stereocenters. The number of thiophene rings is 1. The summed E-state index contributed by atoms with van der Waals surface area (Å²) in [5, 5.41) is 0. The minimum atomic E-state index is 0.491. The molecule has 5 heteroatoms. The van der Waals surface area contributed by atoms with Crippen molar-refractivity contribution in [2.45, 2.75) is 37.8 Å². The van der Waals surface area contributed by atoms with Gasteiger partial charge in [0.1, 0.15) is 4.34 Å². The highest BCUT2D eigenvalue weighted by atomic mass is 79.9. The number of piperidine rings is 1. The molecule has 1 aromatic rings. The molecule has 2 fully saturated rings. The van der Waals surface area contributed by atoms with Crippen molar-refractivity contribution in [3.8, 4) is 0 Å². The van der Waals surface area contributed by atoms with Gasteiger partial charge in [-0.25, -0.2) is 0 Å². The zero-order chi connectivity index (χ0) is 12.7. The summed E-state index contributed by atoms with van der Waals surface area (Å²) in [4.78, 5) is 4.06. The van der Waals surface area contributed by atoms with E-state index in [0.29, 0.717) is 12.0 Å². The lowest BCUT2D eigenvalue weighted by molar-refractivity contribution is 0.0904. The molecule has 2 heterocycles. The Kier molecular flexibility index (Phi) is 4.02. The fraction of sp³-hybridized carbons (Fsp3) is 0.692. The fourth-order valence-corrected chi connectivity index (χ4v) is 5.02. The smallest absolute Gasteiger partial charge is 0.107 e. The second-order valence-corrected chi connectivity index (χ2v) is 7.86. The number of rotatable bonds is 3. The van der Waals surface area contributed by atoms with Crippen molar-refractivity contribution in [3.05, 3.63) is 19.8 Å². The van der Waals surface area contributed by atoms with Crippen LogP contribution in [0.5, 0.6) is 0 Å². The molecule has 0 spiro atoms. The Balaban J connectivity index is 1.91. The van der Waals surface area contributed by atoms with Gasteiger partial charge in [-0.1, -0.05) is 11.6 Å². The molecule has 0 aromatic carbocycles. The van der Waals surface area contributed by atoms with Crippen LogP contribution in [0.15, 0.2) is 10.5 Å². The van der Waals surface area contributed by atoms with E-state index in [4.69, 9.17) is 17.3 Å². The quantitative estimate of drug-likeness (QED) is 0.892. The molecule has 1 aliphatic carbocycles. The maximum absolute atomic E-state index is 6.20. The van der Waals surface area contributed by atoms with Gasteiger partial charge in [0.2, 0.25) is 0 Å². The minimum absolute atomic E-state index is 0.491. The van der Waals surface area contributed by atoms with Crippen LogP contribution in [-0.2, 0) is 0 Å². The molecule has 2 aliphatic rings. The van der Waals surface area contributed by atoms with Crippen LogP contribution < -0.4 is 5.73 Å². The van der Waals surface area contributed by atoms with E-state index in [1.807, 2.05) is 0 Å². The highest BCUT2D eigenvalue weighted by molar-refractivity contribution is 9.10. The summed E-state index contributed by atoms with van der Waals surface area (Å²) in [6.45, 7) is 2.00. The number of nitrogens with zero attached hydrogens (tertiary/aromatic N) is 1. The third-order valence-electron chi connectivity index (χ3n) is 4.07. The lowest BCUT2D eigenvalue weighted by Crippen LogP contribution is -2.42. The van der Waals surface area contributed by atoms with Crippen molar-refractivity contribution in [2.24, 2.45) is 11.7 Å². The number of halogens is 2. The van der Waals surface area contributed by atoms with Gasteiger partial charge in [-0.05, 0) is 66.7 Å². The first kappa shape index (κ1) is 13.4. The summed E-state index contributed by atoms with van der Waals surface area (Å²) in [6.07, 6.45) is 5.24. The van der Waals surface area contributed by atoms with E-state index >= 15 is 0 Å². The Labute approximate surface area is 126 Å². The van der Waals surface area contributed by atoms with Gasteiger partial charge in [0.25, 0.3) is 0 Å². The van der Waals surface area contributed by atoms with Crippen LogP contribution in [0.2, 0.25) is 4.34 Å². The first-order valence-electron chi connectivity index (χ1n) is 6.61. The van der Waals surface area contributed by atoms with E-state index in [1.54, 1.807) is 11.3 Å². The summed E-state index contributed by atoms with van der Waals surface area (Å²) in [6, 6.07) is 3.48.